The lowest BCUT2D eigenvalue weighted by atomic mass is 9.78. The van der Waals surface area contributed by atoms with Gasteiger partial charge in [0.25, 0.3) is 5.91 Å². The first-order valence-corrected chi connectivity index (χ1v) is 10.5. The molecule has 4 nitrogen and oxygen atoms in total. The van der Waals surface area contributed by atoms with Crippen LogP contribution < -0.4 is 5.32 Å². The zero-order valence-electron chi connectivity index (χ0n) is 16.3. The van der Waals surface area contributed by atoms with Crippen LogP contribution >= 0.6 is 11.6 Å². The van der Waals surface area contributed by atoms with Crippen LogP contribution in [0.2, 0.25) is 5.02 Å². The Kier molecular flexibility index (Phi) is 6.46. The van der Waals surface area contributed by atoms with Crippen molar-refractivity contribution >= 4 is 23.5 Å². The Hall–Kier alpha value is -1.55. The molecule has 1 aromatic carbocycles. The Bertz CT molecular complexity index is 667. The second-order valence-electron chi connectivity index (χ2n) is 8.31. The molecule has 3 atom stereocenters. The van der Waals surface area contributed by atoms with Crippen LogP contribution in [-0.2, 0) is 19.7 Å². The first-order chi connectivity index (χ1) is 12.9. The van der Waals surface area contributed by atoms with Crippen molar-refractivity contribution < 1.29 is 14.3 Å². The number of carbonyl (C=O) groups is 2. The normalized spacial score (nSPS) is 27.1. The highest BCUT2D eigenvalue weighted by Crippen LogP contribution is 2.42. The summed E-state index contributed by atoms with van der Waals surface area (Å²) in [5, 5.41) is 3.72. The molecule has 5 heteroatoms. The van der Waals surface area contributed by atoms with Gasteiger partial charge in [-0.1, -0.05) is 63.3 Å². The maximum Gasteiger partial charge on any atom is 0.317 e. The zero-order chi connectivity index (χ0) is 19.4. The molecule has 0 aromatic heterocycles. The van der Waals surface area contributed by atoms with E-state index in [4.69, 9.17) is 16.3 Å². The third-order valence-corrected chi connectivity index (χ3v) is 6.88. The lowest BCUT2D eigenvalue weighted by molar-refractivity contribution is -0.154. The second-order valence-corrected chi connectivity index (χ2v) is 8.75. The summed E-state index contributed by atoms with van der Waals surface area (Å²) in [7, 11) is 0. The largest absolute Gasteiger partial charge is 0.455 e. The average molecular weight is 392 g/mol. The summed E-state index contributed by atoms with van der Waals surface area (Å²) < 4.78 is 5.50. The molecule has 0 heterocycles. The van der Waals surface area contributed by atoms with Crippen LogP contribution in [0.5, 0.6) is 0 Å². The molecule has 1 aromatic rings. The number of hydrogen-bond donors (Lipinski definition) is 1. The number of carbonyl (C=O) groups excluding carboxylic acids is 2. The number of ether oxygens (including phenoxy) is 1. The lowest BCUT2D eigenvalue weighted by Gasteiger charge is -2.34. The highest BCUT2D eigenvalue weighted by atomic mass is 35.5. The Morgan fingerprint density at radius 3 is 2.44 bits per heavy atom. The van der Waals surface area contributed by atoms with Crippen LogP contribution in [0.15, 0.2) is 24.3 Å². The summed E-state index contributed by atoms with van der Waals surface area (Å²) in [5.74, 6) is 0.577. The van der Waals surface area contributed by atoms with E-state index in [2.05, 4.69) is 19.2 Å². The fourth-order valence-corrected chi connectivity index (χ4v) is 4.79. The van der Waals surface area contributed by atoms with Crippen LogP contribution in [0.3, 0.4) is 0 Å². The molecule has 0 spiro atoms. The molecule has 1 N–H and O–H groups in total. The Morgan fingerprint density at radius 1 is 1.11 bits per heavy atom. The smallest absolute Gasteiger partial charge is 0.317 e. The Balaban J connectivity index is 1.60. The molecule has 0 unspecified atom stereocenters. The Morgan fingerprint density at radius 2 is 1.78 bits per heavy atom. The van der Waals surface area contributed by atoms with Gasteiger partial charge in [0, 0.05) is 11.1 Å². The minimum atomic E-state index is -0.641. The lowest BCUT2D eigenvalue weighted by Crippen LogP contribution is -2.46. The molecule has 148 valence electrons. The van der Waals surface area contributed by atoms with Gasteiger partial charge in [-0.3, -0.25) is 9.59 Å². The van der Waals surface area contributed by atoms with E-state index in [-0.39, 0.29) is 24.5 Å². The van der Waals surface area contributed by atoms with Crippen molar-refractivity contribution in [3.63, 3.8) is 0 Å². The van der Waals surface area contributed by atoms with Gasteiger partial charge in [-0.15, -0.1) is 0 Å². The molecule has 2 fully saturated rings. The van der Waals surface area contributed by atoms with E-state index in [1.54, 1.807) is 0 Å². The summed E-state index contributed by atoms with van der Waals surface area (Å²) in [5.41, 5.74) is 0.293. The van der Waals surface area contributed by atoms with E-state index in [0.717, 1.165) is 44.1 Å². The Labute approximate surface area is 167 Å². The monoisotopic (exact) mass is 391 g/mol. The predicted octanol–water partition coefficient (Wildman–Crippen LogP) is 4.64. The number of hydrogen-bond acceptors (Lipinski definition) is 3. The topological polar surface area (TPSA) is 55.4 Å². The van der Waals surface area contributed by atoms with E-state index < -0.39 is 5.41 Å². The van der Waals surface area contributed by atoms with Crippen LogP contribution in [0.1, 0.15) is 64.4 Å². The van der Waals surface area contributed by atoms with Crippen molar-refractivity contribution in [1.29, 1.82) is 0 Å². The van der Waals surface area contributed by atoms with Gasteiger partial charge in [-0.25, -0.2) is 0 Å². The fourth-order valence-electron chi connectivity index (χ4n) is 4.66. The number of nitrogens with one attached hydrogen (secondary N) is 1. The summed E-state index contributed by atoms with van der Waals surface area (Å²) in [6.45, 7) is 4.22. The van der Waals surface area contributed by atoms with Crippen molar-refractivity contribution in [3.8, 4) is 0 Å². The molecule has 1 amide bonds. The summed E-state index contributed by atoms with van der Waals surface area (Å²) in [6, 6.07) is 7.60. The molecule has 2 saturated carbocycles. The van der Waals surface area contributed by atoms with E-state index in [0.29, 0.717) is 16.9 Å². The first kappa shape index (κ1) is 20.2. The molecule has 0 radical (unpaired) electrons. The van der Waals surface area contributed by atoms with E-state index in [1.165, 1.54) is 6.42 Å². The maximum atomic E-state index is 12.9. The van der Waals surface area contributed by atoms with E-state index in [9.17, 15) is 9.59 Å². The van der Waals surface area contributed by atoms with Gasteiger partial charge >= 0.3 is 5.97 Å². The highest BCUT2D eigenvalue weighted by Gasteiger charge is 2.44. The van der Waals surface area contributed by atoms with Crippen molar-refractivity contribution in [2.24, 2.45) is 11.8 Å². The van der Waals surface area contributed by atoms with Crippen LogP contribution in [0.4, 0.5) is 0 Å². The first-order valence-electron chi connectivity index (χ1n) is 10.1. The standard InChI is InChI=1S/C22H30ClNO3/c1-15-6-5-7-19(16(15)2)24-20(25)14-27-21(26)22(12-3-4-13-22)17-8-10-18(23)11-9-17/h8-11,15-16,19H,3-7,12-14H2,1-2H3,(H,24,25)/t15-,16-,19+/m0/s1. The molecule has 27 heavy (non-hydrogen) atoms. The van der Waals surface area contributed by atoms with Crippen molar-refractivity contribution in [2.75, 3.05) is 6.61 Å². The van der Waals surface area contributed by atoms with Gasteiger partial charge in [-0.2, -0.15) is 0 Å². The molecular formula is C22H30ClNO3. The van der Waals surface area contributed by atoms with Gasteiger partial charge in [-0.05, 0) is 48.8 Å². The van der Waals surface area contributed by atoms with Gasteiger partial charge < -0.3 is 10.1 Å². The summed E-state index contributed by atoms with van der Waals surface area (Å²) in [4.78, 5) is 25.3. The second kappa shape index (κ2) is 8.64. The highest BCUT2D eigenvalue weighted by molar-refractivity contribution is 6.30. The maximum absolute atomic E-state index is 12.9. The van der Waals surface area contributed by atoms with Crippen molar-refractivity contribution in [3.05, 3.63) is 34.9 Å². The van der Waals surface area contributed by atoms with Crippen LogP contribution in [0, 0.1) is 11.8 Å². The van der Waals surface area contributed by atoms with Crippen LogP contribution in [-0.4, -0.2) is 24.5 Å². The SMILES string of the molecule is C[C@H]1[C@@H](C)CCC[C@H]1NC(=O)COC(=O)C1(c2ccc(Cl)cc2)CCCC1. The van der Waals surface area contributed by atoms with Crippen LogP contribution in [0.25, 0.3) is 0 Å². The molecule has 0 saturated heterocycles. The molecule has 0 aliphatic heterocycles. The van der Waals surface area contributed by atoms with Gasteiger partial charge in [0.1, 0.15) is 0 Å². The van der Waals surface area contributed by atoms with Crippen molar-refractivity contribution in [2.45, 2.75) is 70.3 Å². The number of benzene rings is 1. The number of rotatable bonds is 5. The minimum Gasteiger partial charge on any atom is -0.455 e. The third kappa shape index (κ3) is 4.48. The van der Waals surface area contributed by atoms with Gasteiger partial charge in [0.15, 0.2) is 6.61 Å². The third-order valence-electron chi connectivity index (χ3n) is 6.63. The quantitative estimate of drug-likeness (QED) is 0.744. The fraction of sp³-hybridized carbons (Fsp3) is 0.636. The van der Waals surface area contributed by atoms with Gasteiger partial charge in [0.2, 0.25) is 0 Å². The van der Waals surface area contributed by atoms with E-state index >= 15 is 0 Å². The number of esters is 1. The van der Waals surface area contributed by atoms with Gasteiger partial charge in [0.05, 0.1) is 5.41 Å². The summed E-state index contributed by atoms with van der Waals surface area (Å²) in [6.07, 6.45) is 6.84. The van der Waals surface area contributed by atoms with E-state index in [1.807, 2.05) is 24.3 Å². The number of halogens is 1. The van der Waals surface area contributed by atoms with Crippen molar-refractivity contribution in [1.82, 2.24) is 5.32 Å². The minimum absolute atomic E-state index is 0.177. The molecule has 3 rings (SSSR count). The molecule has 2 aliphatic carbocycles. The predicted molar refractivity (Wildman–Crippen MR) is 107 cm³/mol. The zero-order valence-corrected chi connectivity index (χ0v) is 17.1. The molecule has 2 aliphatic rings. The number of amides is 1. The molecular weight excluding hydrogens is 362 g/mol. The molecule has 0 bridgehead atoms. The average Bonchev–Trinajstić information content (AvgIpc) is 3.15. The summed E-state index contributed by atoms with van der Waals surface area (Å²) >= 11 is 5.99.